The molecule has 0 aliphatic heterocycles. The summed E-state index contributed by atoms with van der Waals surface area (Å²) in [5.41, 5.74) is 2.50. The zero-order valence-electron chi connectivity index (χ0n) is 11.1. The molecule has 21 heavy (non-hydrogen) atoms. The number of aromatic nitrogens is 2. The molecular weight excluding hydrogens is 337 g/mol. The van der Waals surface area contributed by atoms with Gasteiger partial charge in [-0.3, -0.25) is 0 Å². The van der Waals surface area contributed by atoms with Crippen molar-refractivity contribution in [1.29, 1.82) is 0 Å². The van der Waals surface area contributed by atoms with Crippen LogP contribution in [0.25, 0.3) is 22.8 Å². The summed E-state index contributed by atoms with van der Waals surface area (Å²) in [6.07, 6.45) is 0. The van der Waals surface area contributed by atoms with Crippen molar-refractivity contribution in [1.82, 2.24) is 10.1 Å². The normalized spacial score (nSPS) is 10.6. The van der Waals surface area contributed by atoms with E-state index in [1.807, 2.05) is 31.3 Å². The van der Waals surface area contributed by atoms with Gasteiger partial charge in [0.2, 0.25) is 5.82 Å². The second kappa shape index (κ2) is 5.65. The van der Waals surface area contributed by atoms with Crippen LogP contribution in [-0.4, -0.2) is 17.2 Å². The van der Waals surface area contributed by atoms with Gasteiger partial charge in [-0.1, -0.05) is 5.16 Å². The highest BCUT2D eigenvalue weighted by atomic mass is 79.9. The van der Waals surface area contributed by atoms with E-state index in [2.05, 4.69) is 31.4 Å². The highest BCUT2D eigenvalue weighted by Crippen LogP contribution is 2.29. The van der Waals surface area contributed by atoms with E-state index in [4.69, 9.17) is 4.52 Å². The number of benzene rings is 2. The van der Waals surface area contributed by atoms with Gasteiger partial charge >= 0.3 is 0 Å². The van der Waals surface area contributed by atoms with Crippen LogP contribution in [0.5, 0.6) is 0 Å². The van der Waals surface area contributed by atoms with Gasteiger partial charge in [-0.25, -0.2) is 4.39 Å². The molecular formula is C15H11BrFN3O. The summed E-state index contributed by atoms with van der Waals surface area (Å²) in [5.74, 6) is 0.510. The van der Waals surface area contributed by atoms with E-state index in [0.29, 0.717) is 21.8 Å². The lowest BCUT2D eigenvalue weighted by molar-refractivity contribution is 0.432. The van der Waals surface area contributed by atoms with E-state index in [0.717, 1.165) is 11.3 Å². The number of rotatable bonds is 3. The van der Waals surface area contributed by atoms with E-state index in [-0.39, 0.29) is 5.82 Å². The zero-order chi connectivity index (χ0) is 14.8. The summed E-state index contributed by atoms with van der Waals surface area (Å²) in [5, 5.41) is 6.98. The van der Waals surface area contributed by atoms with E-state index in [1.165, 1.54) is 12.1 Å². The molecule has 0 saturated heterocycles. The van der Waals surface area contributed by atoms with Gasteiger partial charge in [0, 0.05) is 28.3 Å². The average molecular weight is 348 g/mol. The summed E-state index contributed by atoms with van der Waals surface area (Å²) in [4.78, 5) is 4.35. The van der Waals surface area contributed by atoms with E-state index in [1.54, 1.807) is 6.07 Å². The van der Waals surface area contributed by atoms with Crippen LogP contribution in [0.15, 0.2) is 51.5 Å². The Morgan fingerprint density at radius 1 is 1.14 bits per heavy atom. The smallest absolute Gasteiger partial charge is 0.258 e. The molecule has 0 unspecified atom stereocenters. The maximum Gasteiger partial charge on any atom is 0.258 e. The Morgan fingerprint density at radius 2 is 1.90 bits per heavy atom. The first-order valence-electron chi connectivity index (χ1n) is 6.24. The molecule has 4 nitrogen and oxygen atoms in total. The van der Waals surface area contributed by atoms with Gasteiger partial charge in [0.05, 0.1) is 0 Å². The highest BCUT2D eigenvalue weighted by Gasteiger charge is 2.13. The van der Waals surface area contributed by atoms with Crippen molar-refractivity contribution in [3.05, 3.63) is 52.8 Å². The lowest BCUT2D eigenvalue weighted by Gasteiger charge is -1.99. The van der Waals surface area contributed by atoms with Gasteiger partial charge in [0.1, 0.15) is 5.82 Å². The van der Waals surface area contributed by atoms with E-state index < -0.39 is 0 Å². The molecule has 6 heteroatoms. The number of nitrogens with zero attached hydrogens (tertiary/aromatic N) is 2. The minimum atomic E-state index is -0.322. The molecule has 0 aliphatic carbocycles. The van der Waals surface area contributed by atoms with Crippen LogP contribution in [0, 0.1) is 5.82 Å². The van der Waals surface area contributed by atoms with Gasteiger partial charge < -0.3 is 9.84 Å². The maximum atomic E-state index is 13.1. The predicted octanol–water partition coefficient (Wildman–Crippen LogP) is 4.35. The number of hydrogen-bond acceptors (Lipinski definition) is 4. The molecule has 0 aliphatic rings. The molecule has 2 aromatic carbocycles. The van der Waals surface area contributed by atoms with Crippen LogP contribution >= 0.6 is 15.9 Å². The SMILES string of the molecule is CNc1ccc(-c2nc(-c3ccc(F)cc3Br)no2)cc1. The number of hydrogen-bond donors (Lipinski definition) is 1. The van der Waals surface area contributed by atoms with Crippen LogP contribution in [-0.2, 0) is 0 Å². The number of nitrogens with one attached hydrogen (secondary N) is 1. The van der Waals surface area contributed by atoms with Crippen molar-refractivity contribution in [3.8, 4) is 22.8 Å². The molecule has 1 aromatic heterocycles. The van der Waals surface area contributed by atoms with Gasteiger partial charge in [-0.05, 0) is 58.4 Å². The Hall–Kier alpha value is -2.21. The Labute approximate surface area is 129 Å². The summed E-state index contributed by atoms with van der Waals surface area (Å²) in [7, 11) is 1.85. The number of halogens is 2. The molecule has 1 heterocycles. The molecule has 0 radical (unpaired) electrons. The van der Waals surface area contributed by atoms with Crippen molar-refractivity contribution in [2.75, 3.05) is 12.4 Å². The number of anilines is 1. The minimum Gasteiger partial charge on any atom is -0.388 e. The van der Waals surface area contributed by atoms with E-state index >= 15 is 0 Å². The van der Waals surface area contributed by atoms with Crippen molar-refractivity contribution in [2.45, 2.75) is 0 Å². The highest BCUT2D eigenvalue weighted by molar-refractivity contribution is 9.10. The zero-order valence-corrected chi connectivity index (χ0v) is 12.7. The molecule has 0 amide bonds. The molecule has 106 valence electrons. The lowest BCUT2D eigenvalue weighted by Crippen LogP contribution is -1.87. The Balaban J connectivity index is 1.95. The van der Waals surface area contributed by atoms with Gasteiger partial charge in [-0.15, -0.1) is 0 Å². The van der Waals surface area contributed by atoms with Crippen LogP contribution in [0.4, 0.5) is 10.1 Å². The monoisotopic (exact) mass is 347 g/mol. The fourth-order valence-corrected chi connectivity index (χ4v) is 2.43. The second-order valence-electron chi connectivity index (χ2n) is 4.37. The quantitative estimate of drug-likeness (QED) is 0.765. The Morgan fingerprint density at radius 3 is 2.57 bits per heavy atom. The summed E-state index contributed by atoms with van der Waals surface area (Å²) >= 11 is 3.30. The first kappa shape index (κ1) is 13.8. The molecule has 3 rings (SSSR count). The second-order valence-corrected chi connectivity index (χ2v) is 5.23. The third-order valence-electron chi connectivity index (χ3n) is 3.02. The maximum absolute atomic E-state index is 13.1. The van der Waals surface area contributed by atoms with Crippen molar-refractivity contribution < 1.29 is 8.91 Å². The van der Waals surface area contributed by atoms with Crippen molar-refractivity contribution in [2.24, 2.45) is 0 Å². The lowest BCUT2D eigenvalue weighted by atomic mass is 10.2. The van der Waals surface area contributed by atoms with Gasteiger partial charge in [-0.2, -0.15) is 4.98 Å². The first-order chi connectivity index (χ1) is 10.2. The van der Waals surface area contributed by atoms with Gasteiger partial charge in [0.25, 0.3) is 5.89 Å². The van der Waals surface area contributed by atoms with Crippen LogP contribution in [0.3, 0.4) is 0 Å². The van der Waals surface area contributed by atoms with Crippen LogP contribution in [0.2, 0.25) is 0 Å². The average Bonchev–Trinajstić information content (AvgIpc) is 2.97. The molecule has 0 saturated carbocycles. The van der Waals surface area contributed by atoms with Crippen molar-refractivity contribution >= 4 is 21.6 Å². The fourth-order valence-electron chi connectivity index (χ4n) is 1.90. The third-order valence-corrected chi connectivity index (χ3v) is 3.67. The first-order valence-corrected chi connectivity index (χ1v) is 7.04. The third kappa shape index (κ3) is 2.80. The predicted molar refractivity (Wildman–Crippen MR) is 82.4 cm³/mol. The largest absolute Gasteiger partial charge is 0.388 e. The summed E-state index contributed by atoms with van der Waals surface area (Å²) in [6, 6.07) is 12.0. The van der Waals surface area contributed by atoms with Crippen molar-refractivity contribution in [3.63, 3.8) is 0 Å². The van der Waals surface area contributed by atoms with Crippen LogP contribution in [0.1, 0.15) is 0 Å². The fraction of sp³-hybridized carbons (Fsp3) is 0.0667. The molecule has 0 bridgehead atoms. The molecule has 1 N–H and O–H groups in total. The minimum absolute atomic E-state index is 0.322. The van der Waals surface area contributed by atoms with E-state index in [9.17, 15) is 4.39 Å². The molecule has 3 aromatic rings. The summed E-state index contributed by atoms with van der Waals surface area (Å²) in [6.45, 7) is 0. The Bertz CT molecular complexity index is 771. The topological polar surface area (TPSA) is 51.0 Å². The molecule has 0 spiro atoms. The molecule has 0 fully saturated rings. The standard InChI is InChI=1S/C15H11BrFN3O/c1-18-11-5-2-9(3-6-11)15-19-14(20-21-15)12-7-4-10(17)8-13(12)16/h2-8,18H,1H3. The Kier molecular flexibility index (Phi) is 3.70. The molecule has 0 atom stereocenters. The van der Waals surface area contributed by atoms with Gasteiger partial charge in [0.15, 0.2) is 0 Å². The van der Waals surface area contributed by atoms with Crippen LogP contribution < -0.4 is 5.32 Å². The summed E-state index contributed by atoms with van der Waals surface area (Å²) < 4.78 is 19.0.